The fourth-order valence-electron chi connectivity index (χ4n) is 5.88. The molecule has 3 aliphatic rings. The molecule has 10 heteroatoms. The van der Waals surface area contributed by atoms with Gasteiger partial charge in [-0.15, -0.1) is 22.7 Å². The third kappa shape index (κ3) is 4.02. The summed E-state index contributed by atoms with van der Waals surface area (Å²) in [5.41, 5.74) is 2.27. The first-order valence-corrected chi connectivity index (χ1v) is 14.5. The Balaban J connectivity index is 1.12. The number of aromatic nitrogens is 3. The molecule has 0 unspecified atom stereocenters. The van der Waals surface area contributed by atoms with E-state index in [2.05, 4.69) is 22.4 Å². The molecule has 3 fully saturated rings. The number of nitrogens with zero attached hydrogens (tertiary/aromatic N) is 4. The number of carbonyl (C=O) groups excluding carboxylic acids is 2. The zero-order chi connectivity index (χ0) is 25.1. The second kappa shape index (κ2) is 8.95. The van der Waals surface area contributed by atoms with E-state index in [9.17, 15) is 9.59 Å². The van der Waals surface area contributed by atoms with Crippen LogP contribution >= 0.6 is 22.7 Å². The molecule has 37 heavy (non-hydrogen) atoms. The quantitative estimate of drug-likeness (QED) is 0.354. The van der Waals surface area contributed by atoms with Crippen LogP contribution < -0.4 is 10.1 Å². The number of likely N-dealkylation sites (tertiary alicyclic amines) is 1. The summed E-state index contributed by atoms with van der Waals surface area (Å²) in [6.07, 6.45) is 6.66. The Morgan fingerprint density at radius 3 is 2.78 bits per heavy atom. The Bertz CT molecular complexity index is 1490. The van der Waals surface area contributed by atoms with Crippen LogP contribution in [0.1, 0.15) is 59.2 Å². The van der Waals surface area contributed by atoms with Gasteiger partial charge in [0, 0.05) is 30.1 Å². The zero-order valence-electron chi connectivity index (χ0n) is 20.4. The van der Waals surface area contributed by atoms with Gasteiger partial charge in [0.05, 0.1) is 15.9 Å². The molecule has 1 aliphatic heterocycles. The Morgan fingerprint density at radius 1 is 1.14 bits per heavy atom. The maximum Gasteiger partial charge on any atom is 0.414 e. The number of piperidine rings is 1. The van der Waals surface area contributed by atoms with Gasteiger partial charge >= 0.3 is 6.09 Å². The molecule has 2 amide bonds. The summed E-state index contributed by atoms with van der Waals surface area (Å²) in [7, 11) is 0. The summed E-state index contributed by atoms with van der Waals surface area (Å²) in [6.45, 7) is 2.18. The van der Waals surface area contributed by atoms with Gasteiger partial charge in [-0.2, -0.15) is 0 Å². The number of imidazole rings is 1. The number of nitrogens with one attached hydrogen (secondary N) is 1. The number of hydrogen-bond donors (Lipinski definition) is 1. The van der Waals surface area contributed by atoms with Crippen LogP contribution in [0, 0.1) is 12.8 Å². The van der Waals surface area contributed by atoms with Crippen molar-refractivity contribution in [1.29, 1.82) is 0 Å². The molecule has 0 radical (unpaired) electrons. The van der Waals surface area contributed by atoms with Gasteiger partial charge in [0.25, 0.3) is 5.91 Å². The minimum atomic E-state index is -0.527. The first-order valence-electron chi connectivity index (χ1n) is 12.8. The molecule has 0 spiro atoms. The van der Waals surface area contributed by atoms with E-state index < -0.39 is 6.09 Å². The molecule has 1 saturated heterocycles. The summed E-state index contributed by atoms with van der Waals surface area (Å²) in [5.74, 6) is 1.27. The Kier molecular flexibility index (Phi) is 5.54. The van der Waals surface area contributed by atoms with Crippen LogP contribution in [0.25, 0.3) is 15.4 Å². The fraction of sp³-hybridized carbons (Fsp3) is 0.407. The summed E-state index contributed by atoms with van der Waals surface area (Å²) < 4.78 is 7.41. The van der Waals surface area contributed by atoms with Crippen molar-refractivity contribution in [3.63, 3.8) is 0 Å². The molecular weight excluding hydrogens is 506 g/mol. The molecule has 3 aromatic heterocycles. The van der Waals surface area contributed by atoms with Gasteiger partial charge in [-0.1, -0.05) is 30.3 Å². The standard InChI is InChI=1S/C27H27N5O3S2/c1-15-25(31-11-12-36-26(31)29-15)35-27(34)28-14-20-18-9-10-19(13-18)32(20)24(33)21-22(16-5-3-2-4-6-16)37-23(30-21)17-7-8-17/h2-6,11-12,17-20H,7-10,13-14H2,1H3,(H,28,34)/t18-,19+,20+/m0/s1. The van der Waals surface area contributed by atoms with E-state index in [1.165, 1.54) is 11.3 Å². The SMILES string of the molecule is Cc1nc2sccn2c1OC(=O)NC[C@@H]1[C@H]2CC[C@H](C2)N1C(=O)c1nc(C2CC2)sc1-c1ccccc1. The number of aryl methyl sites for hydroxylation is 1. The second-order valence-corrected chi connectivity index (χ2v) is 12.1. The van der Waals surface area contributed by atoms with Crippen LogP contribution in [0.2, 0.25) is 0 Å². The van der Waals surface area contributed by atoms with Gasteiger partial charge in [-0.3, -0.25) is 9.20 Å². The molecule has 2 bridgehead atoms. The highest BCUT2D eigenvalue weighted by molar-refractivity contribution is 7.15. The Morgan fingerprint density at radius 2 is 1.97 bits per heavy atom. The van der Waals surface area contributed by atoms with Gasteiger partial charge in [0.1, 0.15) is 11.4 Å². The smallest absolute Gasteiger partial charge is 0.391 e. The van der Waals surface area contributed by atoms with Crippen LogP contribution in [-0.2, 0) is 0 Å². The molecule has 1 N–H and O–H groups in total. The van der Waals surface area contributed by atoms with E-state index in [1.807, 2.05) is 41.6 Å². The van der Waals surface area contributed by atoms with Gasteiger partial charge in [-0.05, 0) is 50.5 Å². The molecule has 1 aromatic carbocycles. The number of rotatable bonds is 6. The minimum absolute atomic E-state index is 0.0130. The van der Waals surface area contributed by atoms with Crippen molar-refractivity contribution < 1.29 is 14.3 Å². The van der Waals surface area contributed by atoms with Crippen molar-refractivity contribution >= 4 is 39.6 Å². The first-order chi connectivity index (χ1) is 18.1. The molecule has 8 nitrogen and oxygen atoms in total. The van der Waals surface area contributed by atoms with Crippen LogP contribution in [0.5, 0.6) is 5.88 Å². The first kappa shape index (κ1) is 22.9. The van der Waals surface area contributed by atoms with E-state index in [0.717, 1.165) is 52.5 Å². The van der Waals surface area contributed by atoms with Crippen molar-refractivity contribution in [3.8, 4) is 16.3 Å². The molecule has 4 heterocycles. The van der Waals surface area contributed by atoms with Gasteiger partial charge in [0.2, 0.25) is 5.88 Å². The van der Waals surface area contributed by atoms with E-state index in [0.29, 0.717) is 35.6 Å². The van der Waals surface area contributed by atoms with Crippen LogP contribution in [0.3, 0.4) is 0 Å². The van der Waals surface area contributed by atoms with E-state index in [4.69, 9.17) is 9.72 Å². The molecule has 190 valence electrons. The van der Waals surface area contributed by atoms with Crippen molar-refractivity contribution in [2.24, 2.45) is 5.92 Å². The number of carbonyl (C=O) groups is 2. The number of ether oxygens (including phenoxy) is 1. The third-order valence-corrected chi connectivity index (χ3v) is 9.83. The minimum Gasteiger partial charge on any atom is -0.391 e. The third-order valence-electron chi connectivity index (χ3n) is 7.81. The summed E-state index contributed by atoms with van der Waals surface area (Å²) >= 11 is 3.15. The summed E-state index contributed by atoms with van der Waals surface area (Å²) in [5, 5.41) is 5.91. The van der Waals surface area contributed by atoms with Crippen molar-refractivity contribution in [2.75, 3.05) is 6.54 Å². The lowest BCUT2D eigenvalue weighted by Crippen LogP contribution is -2.50. The van der Waals surface area contributed by atoms with Crippen LogP contribution in [0.15, 0.2) is 41.9 Å². The second-order valence-electron chi connectivity index (χ2n) is 10.2. The monoisotopic (exact) mass is 533 g/mol. The van der Waals surface area contributed by atoms with Gasteiger partial charge in [-0.25, -0.2) is 14.8 Å². The summed E-state index contributed by atoms with van der Waals surface area (Å²) in [6, 6.07) is 10.2. The molecule has 3 atom stereocenters. The average molecular weight is 534 g/mol. The Labute approximate surface area is 222 Å². The highest BCUT2D eigenvalue weighted by Crippen LogP contribution is 2.47. The molecule has 2 saturated carbocycles. The largest absolute Gasteiger partial charge is 0.414 e. The number of fused-ring (bicyclic) bond motifs is 3. The van der Waals surface area contributed by atoms with Crippen molar-refractivity contribution in [1.82, 2.24) is 24.6 Å². The highest BCUT2D eigenvalue weighted by Gasteiger charge is 2.49. The number of amides is 2. The number of hydrogen-bond acceptors (Lipinski definition) is 7. The lowest BCUT2D eigenvalue weighted by molar-refractivity contribution is 0.0585. The highest BCUT2D eigenvalue weighted by atomic mass is 32.1. The molecule has 7 rings (SSSR count). The van der Waals surface area contributed by atoms with Crippen molar-refractivity contribution in [3.05, 3.63) is 58.3 Å². The molecule has 4 aromatic rings. The van der Waals surface area contributed by atoms with Gasteiger partial charge < -0.3 is 15.0 Å². The molecular formula is C27H27N5O3S2. The predicted molar refractivity (Wildman–Crippen MR) is 142 cm³/mol. The predicted octanol–water partition coefficient (Wildman–Crippen LogP) is 5.49. The summed E-state index contributed by atoms with van der Waals surface area (Å²) in [4.78, 5) is 39.9. The number of benzene rings is 1. The number of thiazole rings is 2. The van der Waals surface area contributed by atoms with Crippen LogP contribution in [0.4, 0.5) is 4.79 Å². The van der Waals surface area contributed by atoms with Crippen LogP contribution in [-0.4, -0.2) is 49.9 Å². The Hall–Kier alpha value is -3.24. The fourth-order valence-corrected chi connectivity index (χ4v) is 7.86. The van der Waals surface area contributed by atoms with E-state index in [1.54, 1.807) is 15.7 Å². The average Bonchev–Trinajstić information content (AvgIpc) is 3.30. The lowest BCUT2D eigenvalue weighted by Gasteiger charge is -2.35. The van der Waals surface area contributed by atoms with Gasteiger partial charge in [0.15, 0.2) is 4.96 Å². The lowest BCUT2D eigenvalue weighted by atomic mass is 9.98. The maximum atomic E-state index is 14.1. The topological polar surface area (TPSA) is 88.8 Å². The normalized spacial score (nSPS) is 22.6. The maximum absolute atomic E-state index is 14.1. The molecule has 2 aliphatic carbocycles. The van der Waals surface area contributed by atoms with E-state index >= 15 is 0 Å². The van der Waals surface area contributed by atoms with Crippen molar-refractivity contribution in [2.45, 2.75) is 57.0 Å². The van der Waals surface area contributed by atoms with E-state index in [-0.39, 0.29) is 18.0 Å². The zero-order valence-corrected chi connectivity index (χ0v) is 22.1.